The van der Waals surface area contributed by atoms with Gasteiger partial charge in [-0.2, -0.15) is 5.10 Å². The normalized spacial score (nSPS) is 16.4. The van der Waals surface area contributed by atoms with E-state index in [0.717, 1.165) is 19.3 Å². The molecule has 0 aromatic carbocycles. The lowest BCUT2D eigenvalue weighted by Gasteiger charge is -2.34. The van der Waals surface area contributed by atoms with Crippen LogP contribution in [0.15, 0.2) is 4.90 Å². The van der Waals surface area contributed by atoms with Gasteiger partial charge in [0.15, 0.2) is 5.69 Å². The Hall–Kier alpha value is -1.08. The number of amides is 1. The van der Waals surface area contributed by atoms with E-state index >= 15 is 0 Å². The summed E-state index contributed by atoms with van der Waals surface area (Å²) in [7, 11) is 3.00. The number of carbonyl (C=O) groups is 1. The van der Waals surface area contributed by atoms with Crippen molar-refractivity contribution < 1.29 is 13.2 Å². The molecular formula is C10H14ClN3O3S. The van der Waals surface area contributed by atoms with E-state index in [2.05, 4.69) is 10.2 Å². The SMILES string of the molecule is Cc1[nH]nc(C(=O)N(C)C2CCC2)c1S(=O)(=O)Cl. The van der Waals surface area contributed by atoms with Gasteiger partial charge in [0.1, 0.15) is 4.90 Å². The van der Waals surface area contributed by atoms with Crippen molar-refractivity contribution in [2.24, 2.45) is 0 Å². The van der Waals surface area contributed by atoms with Crippen LogP contribution in [0, 0.1) is 6.92 Å². The van der Waals surface area contributed by atoms with Crippen LogP contribution in [-0.4, -0.2) is 42.5 Å². The lowest BCUT2D eigenvalue weighted by atomic mass is 9.92. The highest BCUT2D eigenvalue weighted by Gasteiger charge is 2.32. The molecule has 0 saturated heterocycles. The highest BCUT2D eigenvalue weighted by atomic mass is 35.7. The van der Waals surface area contributed by atoms with Gasteiger partial charge in [-0.05, 0) is 26.2 Å². The smallest absolute Gasteiger partial charge is 0.275 e. The second kappa shape index (κ2) is 4.55. The van der Waals surface area contributed by atoms with Gasteiger partial charge in [-0.1, -0.05) is 0 Å². The van der Waals surface area contributed by atoms with Crippen molar-refractivity contribution >= 4 is 25.6 Å². The first-order chi connectivity index (χ1) is 8.32. The third kappa shape index (κ3) is 2.24. The number of nitrogens with one attached hydrogen (secondary N) is 1. The van der Waals surface area contributed by atoms with Crippen LogP contribution in [-0.2, 0) is 9.05 Å². The van der Waals surface area contributed by atoms with E-state index in [1.54, 1.807) is 7.05 Å². The van der Waals surface area contributed by atoms with E-state index in [-0.39, 0.29) is 22.3 Å². The Morgan fingerprint density at radius 3 is 2.56 bits per heavy atom. The lowest BCUT2D eigenvalue weighted by molar-refractivity contribution is 0.0642. The number of hydrogen-bond donors (Lipinski definition) is 1. The quantitative estimate of drug-likeness (QED) is 0.850. The van der Waals surface area contributed by atoms with Crippen molar-refractivity contribution in [3.05, 3.63) is 11.4 Å². The molecule has 18 heavy (non-hydrogen) atoms. The van der Waals surface area contributed by atoms with E-state index < -0.39 is 15.0 Å². The number of H-pyrrole nitrogens is 1. The third-order valence-corrected chi connectivity index (χ3v) is 4.73. The number of aromatic amines is 1. The molecule has 1 aromatic rings. The van der Waals surface area contributed by atoms with Crippen LogP contribution in [0.4, 0.5) is 0 Å². The minimum atomic E-state index is -3.98. The van der Waals surface area contributed by atoms with Gasteiger partial charge in [0, 0.05) is 23.8 Å². The van der Waals surface area contributed by atoms with Crippen molar-refractivity contribution in [1.29, 1.82) is 0 Å². The molecule has 0 unspecified atom stereocenters. The maximum Gasteiger partial charge on any atom is 0.275 e. The zero-order chi connectivity index (χ0) is 13.5. The monoisotopic (exact) mass is 291 g/mol. The van der Waals surface area contributed by atoms with E-state index in [4.69, 9.17) is 10.7 Å². The fraction of sp³-hybridized carbons (Fsp3) is 0.600. The largest absolute Gasteiger partial charge is 0.337 e. The van der Waals surface area contributed by atoms with Gasteiger partial charge in [-0.25, -0.2) is 8.42 Å². The highest BCUT2D eigenvalue weighted by molar-refractivity contribution is 8.13. The first-order valence-electron chi connectivity index (χ1n) is 5.59. The molecule has 1 N–H and O–H groups in total. The van der Waals surface area contributed by atoms with Crippen LogP contribution < -0.4 is 0 Å². The third-order valence-electron chi connectivity index (χ3n) is 3.28. The molecule has 1 fully saturated rings. The maximum atomic E-state index is 12.2. The van der Waals surface area contributed by atoms with Crippen molar-refractivity contribution in [3.63, 3.8) is 0 Å². The Labute approximate surface area is 110 Å². The molecule has 0 aliphatic heterocycles. The Bertz CT molecular complexity index is 577. The van der Waals surface area contributed by atoms with Gasteiger partial charge in [-0.3, -0.25) is 9.89 Å². The number of carbonyl (C=O) groups excluding carboxylic acids is 1. The van der Waals surface area contributed by atoms with E-state index in [9.17, 15) is 13.2 Å². The molecule has 1 saturated carbocycles. The van der Waals surface area contributed by atoms with Crippen molar-refractivity contribution in [2.45, 2.75) is 37.1 Å². The molecule has 0 atom stereocenters. The predicted octanol–water partition coefficient (Wildman–Crippen LogP) is 1.27. The molecule has 1 heterocycles. The predicted molar refractivity (Wildman–Crippen MR) is 66.1 cm³/mol. The van der Waals surface area contributed by atoms with E-state index in [0.29, 0.717) is 0 Å². The van der Waals surface area contributed by atoms with Crippen LogP contribution in [0.1, 0.15) is 35.4 Å². The topological polar surface area (TPSA) is 83.1 Å². The number of nitrogens with zero attached hydrogens (tertiary/aromatic N) is 2. The minimum Gasteiger partial charge on any atom is -0.337 e. The van der Waals surface area contributed by atoms with E-state index in [1.165, 1.54) is 11.8 Å². The van der Waals surface area contributed by atoms with Gasteiger partial charge in [0.25, 0.3) is 15.0 Å². The molecule has 8 heteroatoms. The standard InChI is InChI=1S/C10H14ClN3O3S/c1-6-9(18(11,16)17)8(13-12-6)10(15)14(2)7-4-3-5-7/h7H,3-5H2,1-2H3,(H,12,13). The Balaban J connectivity index is 2.36. The number of halogens is 1. The fourth-order valence-corrected chi connectivity index (χ4v) is 3.31. The average molecular weight is 292 g/mol. The molecule has 6 nitrogen and oxygen atoms in total. The Kier molecular flexibility index (Phi) is 3.37. The molecule has 1 aliphatic rings. The summed E-state index contributed by atoms with van der Waals surface area (Å²) in [5.41, 5.74) is 0.146. The summed E-state index contributed by atoms with van der Waals surface area (Å²) < 4.78 is 22.9. The number of aryl methyl sites for hydroxylation is 1. The maximum absolute atomic E-state index is 12.2. The lowest BCUT2D eigenvalue weighted by Crippen LogP contribution is -2.41. The van der Waals surface area contributed by atoms with E-state index in [1.807, 2.05) is 0 Å². The fourth-order valence-electron chi connectivity index (χ4n) is 1.97. The molecule has 100 valence electrons. The second-order valence-electron chi connectivity index (χ2n) is 4.46. The molecule has 0 bridgehead atoms. The summed E-state index contributed by atoms with van der Waals surface area (Å²) in [4.78, 5) is 13.5. The van der Waals surface area contributed by atoms with Gasteiger partial charge >= 0.3 is 0 Å². The van der Waals surface area contributed by atoms with Crippen LogP contribution in [0.25, 0.3) is 0 Å². The van der Waals surface area contributed by atoms with Crippen molar-refractivity contribution in [1.82, 2.24) is 15.1 Å². The van der Waals surface area contributed by atoms with Crippen LogP contribution >= 0.6 is 10.7 Å². The van der Waals surface area contributed by atoms with Crippen LogP contribution in [0.5, 0.6) is 0 Å². The van der Waals surface area contributed by atoms with Gasteiger partial charge in [-0.15, -0.1) is 0 Å². The zero-order valence-corrected chi connectivity index (χ0v) is 11.7. The van der Waals surface area contributed by atoms with Crippen molar-refractivity contribution in [2.75, 3.05) is 7.05 Å². The number of aromatic nitrogens is 2. The first kappa shape index (κ1) is 13.4. The Morgan fingerprint density at radius 1 is 1.50 bits per heavy atom. The molecule has 1 amide bonds. The van der Waals surface area contributed by atoms with Gasteiger partial charge in [0.05, 0.1) is 5.69 Å². The van der Waals surface area contributed by atoms with Gasteiger partial charge < -0.3 is 4.90 Å². The van der Waals surface area contributed by atoms with Crippen LogP contribution in [0.2, 0.25) is 0 Å². The number of hydrogen-bond acceptors (Lipinski definition) is 4. The van der Waals surface area contributed by atoms with Gasteiger partial charge in [0.2, 0.25) is 0 Å². The summed E-state index contributed by atoms with van der Waals surface area (Å²) in [6.45, 7) is 1.52. The average Bonchev–Trinajstić information content (AvgIpc) is 2.55. The summed E-state index contributed by atoms with van der Waals surface area (Å²) >= 11 is 0. The van der Waals surface area contributed by atoms with Crippen molar-refractivity contribution in [3.8, 4) is 0 Å². The first-order valence-corrected chi connectivity index (χ1v) is 7.90. The molecule has 0 spiro atoms. The van der Waals surface area contributed by atoms with Crippen LogP contribution in [0.3, 0.4) is 0 Å². The molecule has 1 aromatic heterocycles. The molecule has 2 rings (SSSR count). The zero-order valence-electron chi connectivity index (χ0n) is 10.1. The summed E-state index contributed by atoms with van der Waals surface area (Å²) in [6, 6.07) is 0.167. The summed E-state index contributed by atoms with van der Waals surface area (Å²) in [5.74, 6) is -0.414. The number of rotatable bonds is 3. The molecule has 0 radical (unpaired) electrons. The summed E-state index contributed by atoms with van der Waals surface area (Å²) in [5, 5.41) is 6.26. The highest BCUT2D eigenvalue weighted by Crippen LogP contribution is 2.27. The Morgan fingerprint density at radius 2 is 2.11 bits per heavy atom. The minimum absolute atomic E-state index is 0.128. The molecular weight excluding hydrogens is 278 g/mol. The summed E-state index contributed by atoms with van der Waals surface area (Å²) in [6.07, 6.45) is 2.96. The molecule has 1 aliphatic carbocycles. The second-order valence-corrected chi connectivity index (χ2v) is 6.97.